The minimum absolute atomic E-state index is 0.273. The van der Waals surface area contributed by atoms with Crippen LogP contribution in [-0.2, 0) is 6.42 Å². The second-order valence-electron chi connectivity index (χ2n) is 5.09. The smallest absolute Gasteiger partial charge is 0.142 e. The molecule has 3 aromatic carbocycles. The Hall–Kier alpha value is -1.71. The van der Waals surface area contributed by atoms with Gasteiger partial charge in [0.1, 0.15) is 5.82 Å². The third kappa shape index (κ3) is 2.85. The molecule has 0 aliphatic carbocycles. The Balaban J connectivity index is 1.97. The molecule has 1 nitrogen and oxygen atoms in total. The lowest BCUT2D eigenvalue weighted by atomic mass is 9.95. The molecular weight excluding hydrogens is 329 g/mol. The van der Waals surface area contributed by atoms with Crippen LogP contribution in [0.3, 0.4) is 0 Å². The van der Waals surface area contributed by atoms with Crippen LogP contribution in [0.4, 0.5) is 4.39 Å². The zero-order valence-electron chi connectivity index (χ0n) is 11.4. The lowest BCUT2D eigenvalue weighted by Gasteiger charge is -2.15. The predicted octanol–water partition coefficient (Wildman–Crippen LogP) is 4.98. The minimum atomic E-state index is -0.367. The topological polar surface area (TPSA) is 26.0 Å². The van der Waals surface area contributed by atoms with E-state index < -0.39 is 0 Å². The standard InChI is InChI=1S/C18H15BrFN/c19-16-10-4-9-15(18(16)20)17(21)11-13-7-3-6-12-5-1-2-8-14(12)13/h1-10,17H,11,21H2. The van der Waals surface area contributed by atoms with Gasteiger partial charge in [-0.3, -0.25) is 0 Å². The Morgan fingerprint density at radius 1 is 0.952 bits per heavy atom. The normalized spacial score (nSPS) is 12.5. The lowest BCUT2D eigenvalue weighted by molar-refractivity contribution is 0.575. The van der Waals surface area contributed by atoms with E-state index in [1.165, 1.54) is 10.8 Å². The van der Waals surface area contributed by atoms with Crippen molar-refractivity contribution in [3.8, 4) is 0 Å². The van der Waals surface area contributed by atoms with Crippen molar-refractivity contribution in [3.63, 3.8) is 0 Å². The summed E-state index contributed by atoms with van der Waals surface area (Å²) in [7, 11) is 0. The lowest BCUT2D eigenvalue weighted by Crippen LogP contribution is -2.15. The van der Waals surface area contributed by atoms with E-state index in [2.05, 4.69) is 40.2 Å². The molecule has 1 unspecified atom stereocenters. The van der Waals surface area contributed by atoms with E-state index in [-0.39, 0.29) is 11.9 Å². The van der Waals surface area contributed by atoms with Gasteiger partial charge in [0.2, 0.25) is 0 Å². The van der Waals surface area contributed by atoms with Crippen molar-refractivity contribution in [2.45, 2.75) is 12.5 Å². The number of halogens is 2. The van der Waals surface area contributed by atoms with E-state index >= 15 is 0 Å². The molecule has 0 saturated carbocycles. The van der Waals surface area contributed by atoms with E-state index in [9.17, 15) is 4.39 Å². The highest BCUT2D eigenvalue weighted by atomic mass is 79.9. The second-order valence-corrected chi connectivity index (χ2v) is 5.95. The van der Waals surface area contributed by atoms with Gasteiger partial charge >= 0.3 is 0 Å². The fourth-order valence-corrected chi connectivity index (χ4v) is 3.01. The van der Waals surface area contributed by atoms with Crippen LogP contribution in [0, 0.1) is 5.82 Å². The maximum atomic E-state index is 14.1. The molecule has 0 amide bonds. The highest BCUT2D eigenvalue weighted by Crippen LogP contribution is 2.27. The number of fused-ring (bicyclic) bond motifs is 1. The molecule has 0 aliphatic rings. The summed E-state index contributed by atoms with van der Waals surface area (Å²) in [4.78, 5) is 0. The van der Waals surface area contributed by atoms with Crippen molar-refractivity contribution in [2.24, 2.45) is 5.73 Å². The summed E-state index contributed by atoms with van der Waals surface area (Å²) in [6.07, 6.45) is 0.606. The van der Waals surface area contributed by atoms with Crippen molar-refractivity contribution in [3.05, 3.63) is 82.1 Å². The first-order valence-electron chi connectivity index (χ1n) is 6.83. The molecule has 0 spiro atoms. The van der Waals surface area contributed by atoms with E-state index in [0.29, 0.717) is 16.5 Å². The molecular formula is C18H15BrFN. The first kappa shape index (κ1) is 14.2. The van der Waals surface area contributed by atoms with Gasteiger partial charge in [0.05, 0.1) is 4.47 Å². The summed E-state index contributed by atoms with van der Waals surface area (Å²) in [5.41, 5.74) is 7.90. The second kappa shape index (κ2) is 5.96. The van der Waals surface area contributed by atoms with Gasteiger partial charge in [0, 0.05) is 11.6 Å². The Morgan fingerprint density at radius 3 is 2.52 bits per heavy atom. The van der Waals surface area contributed by atoms with Crippen LogP contribution in [0.25, 0.3) is 10.8 Å². The Bertz CT molecular complexity index is 780. The first-order chi connectivity index (χ1) is 10.2. The highest BCUT2D eigenvalue weighted by molar-refractivity contribution is 9.10. The monoisotopic (exact) mass is 343 g/mol. The van der Waals surface area contributed by atoms with Crippen molar-refractivity contribution in [1.29, 1.82) is 0 Å². The number of hydrogen-bond acceptors (Lipinski definition) is 1. The minimum Gasteiger partial charge on any atom is -0.324 e. The third-order valence-corrected chi connectivity index (χ3v) is 4.31. The zero-order valence-corrected chi connectivity index (χ0v) is 13.0. The summed E-state index contributed by atoms with van der Waals surface area (Å²) in [6.45, 7) is 0. The van der Waals surface area contributed by atoms with Gasteiger partial charge in [-0.25, -0.2) is 4.39 Å². The zero-order chi connectivity index (χ0) is 14.8. The third-order valence-electron chi connectivity index (χ3n) is 3.70. The van der Waals surface area contributed by atoms with E-state index in [1.807, 2.05) is 24.3 Å². The summed E-state index contributed by atoms with van der Waals surface area (Å²) < 4.78 is 14.6. The van der Waals surface area contributed by atoms with E-state index in [1.54, 1.807) is 12.1 Å². The summed E-state index contributed by atoms with van der Waals surface area (Å²) in [6, 6.07) is 19.2. The average molecular weight is 344 g/mol. The molecule has 3 aromatic rings. The molecule has 21 heavy (non-hydrogen) atoms. The van der Waals surface area contributed by atoms with Gasteiger partial charge in [-0.1, -0.05) is 54.6 Å². The van der Waals surface area contributed by atoms with Crippen LogP contribution >= 0.6 is 15.9 Å². The maximum absolute atomic E-state index is 14.1. The number of nitrogens with two attached hydrogens (primary N) is 1. The number of benzene rings is 3. The van der Waals surface area contributed by atoms with Crippen molar-refractivity contribution in [1.82, 2.24) is 0 Å². The van der Waals surface area contributed by atoms with Gasteiger partial charge in [-0.2, -0.15) is 0 Å². The molecule has 0 bridgehead atoms. The summed E-state index contributed by atoms with van der Waals surface area (Å²) in [5.74, 6) is -0.273. The van der Waals surface area contributed by atoms with Gasteiger partial charge < -0.3 is 5.73 Å². The van der Waals surface area contributed by atoms with Gasteiger partial charge in [-0.05, 0) is 44.8 Å². The quantitative estimate of drug-likeness (QED) is 0.712. The highest BCUT2D eigenvalue weighted by Gasteiger charge is 2.15. The molecule has 0 saturated heterocycles. The summed E-state index contributed by atoms with van der Waals surface area (Å²) >= 11 is 3.21. The van der Waals surface area contributed by atoms with Crippen LogP contribution < -0.4 is 5.73 Å². The molecule has 0 aliphatic heterocycles. The molecule has 1 atom stereocenters. The molecule has 2 N–H and O–H groups in total. The van der Waals surface area contributed by atoms with Gasteiger partial charge in [0.15, 0.2) is 0 Å². The maximum Gasteiger partial charge on any atom is 0.142 e. The van der Waals surface area contributed by atoms with Crippen LogP contribution in [0.15, 0.2) is 65.1 Å². The Morgan fingerprint density at radius 2 is 1.67 bits per heavy atom. The molecule has 106 valence electrons. The van der Waals surface area contributed by atoms with Crippen LogP contribution in [0.1, 0.15) is 17.2 Å². The largest absolute Gasteiger partial charge is 0.324 e. The first-order valence-corrected chi connectivity index (χ1v) is 7.62. The molecule has 0 heterocycles. The molecule has 0 radical (unpaired) electrons. The van der Waals surface area contributed by atoms with Gasteiger partial charge in [-0.15, -0.1) is 0 Å². The van der Waals surface area contributed by atoms with Crippen LogP contribution in [0.2, 0.25) is 0 Å². The van der Waals surface area contributed by atoms with Crippen LogP contribution in [-0.4, -0.2) is 0 Å². The molecule has 0 fully saturated rings. The molecule has 3 heteroatoms. The van der Waals surface area contributed by atoms with E-state index in [0.717, 1.165) is 5.56 Å². The SMILES string of the molecule is NC(Cc1cccc2ccccc12)c1cccc(Br)c1F. The Labute approximate surface area is 131 Å². The number of hydrogen-bond donors (Lipinski definition) is 1. The van der Waals surface area contributed by atoms with Crippen LogP contribution in [0.5, 0.6) is 0 Å². The van der Waals surface area contributed by atoms with E-state index in [4.69, 9.17) is 5.73 Å². The Kier molecular flexibility index (Phi) is 4.04. The van der Waals surface area contributed by atoms with Crippen molar-refractivity contribution < 1.29 is 4.39 Å². The van der Waals surface area contributed by atoms with Crippen molar-refractivity contribution in [2.75, 3.05) is 0 Å². The number of rotatable bonds is 3. The summed E-state index contributed by atoms with van der Waals surface area (Å²) in [5, 5.41) is 2.35. The predicted molar refractivity (Wildman–Crippen MR) is 88.7 cm³/mol. The molecule has 3 rings (SSSR count). The van der Waals surface area contributed by atoms with Gasteiger partial charge in [0.25, 0.3) is 0 Å². The average Bonchev–Trinajstić information content (AvgIpc) is 2.50. The fourth-order valence-electron chi connectivity index (χ4n) is 2.62. The fraction of sp³-hybridized carbons (Fsp3) is 0.111. The van der Waals surface area contributed by atoms with Crippen molar-refractivity contribution >= 4 is 26.7 Å². The molecule has 0 aromatic heterocycles.